The van der Waals surface area contributed by atoms with Gasteiger partial charge in [-0.1, -0.05) is 19.0 Å². The highest BCUT2D eigenvalue weighted by Gasteiger charge is 2.17. The number of hydrogen-bond acceptors (Lipinski definition) is 5. The zero-order valence-corrected chi connectivity index (χ0v) is 13.8. The van der Waals surface area contributed by atoms with E-state index in [1.54, 1.807) is 11.9 Å². The molecular formula is C15H23N5O2. The second-order valence-electron chi connectivity index (χ2n) is 6.04. The fourth-order valence-corrected chi connectivity index (χ4v) is 2.21. The van der Waals surface area contributed by atoms with Gasteiger partial charge in [-0.25, -0.2) is 0 Å². The van der Waals surface area contributed by atoms with Crippen molar-refractivity contribution in [3.63, 3.8) is 0 Å². The predicted molar refractivity (Wildman–Crippen MR) is 81.1 cm³/mol. The van der Waals surface area contributed by atoms with Gasteiger partial charge in [0.25, 0.3) is 0 Å². The Kier molecular flexibility index (Phi) is 4.95. The topological polar surface area (TPSA) is 87.9 Å². The second kappa shape index (κ2) is 6.72. The van der Waals surface area contributed by atoms with Gasteiger partial charge in [0.1, 0.15) is 0 Å². The van der Waals surface area contributed by atoms with Crippen molar-refractivity contribution >= 4 is 5.91 Å². The lowest BCUT2D eigenvalue weighted by Gasteiger charge is -2.15. The maximum Gasteiger partial charge on any atom is 0.227 e. The summed E-state index contributed by atoms with van der Waals surface area (Å²) < 4.78 is 5.19. The molecule has 0 saturated carbocycles. The van der Waals surface area contributed by atoms with Gasteiger partial charge >= 0.3 is 0 Å². The normalized spacial score (nSPS) is 11.2. The molecule has 0 bridgehead atoms. The highest BCUT2D eigenvalue weighted by Crippen LogP contribution is 2.12. The molecule has 2 heterocycles. The van der Waals surface area contributed by atoms with Crippen molar-refractivity contribution in [2.75, 3.05) is 7.05 Å². The molecule has 7 nitrogen and oxygen atoms in total. The van der Waals surface area contributed by atoms with Crippen LogP contribution < -0.4 is 0 Å². The van der Waals surface area contributed by atoms with Gasteiger partial charge in [-0.3, -0.25) is 9.89 Å². The molecule has 1 N–H and O–H groups in total. The molecule has 0 aliphatic rings. The molecule has 0 aromatic carbocycles. The molecule has 0 atom stereocenters. The average Bonchev–Trinajstić information content (AvgIpc) is 2.99. The first-order valence-electron chi connectivity index (χ1n) is 7.42. The van der Waals surface area contributed by atoms with E-state index in [1.807, 2.05) is 13.8 Å². The molecule has 0 spiro atoms. The summed E-state index contributed by atoms with van der Waals surface area (Å²) >= 11 is 0. The predicted octanol–water partition coefficient (Wildman–Crippen LogP) is 1.81. The molecule has 7 heteroatoms. The van der Waals surface area contributed by atoms with Crippen molar-refractivity contribution in [2.45, 2.75) is 47.1 Å². The average molecular weight is 305 g/mol. The van der Waals surface area contributed by atoms with Crippen LogP contribution in [0, 0.1) is 19.8 Å². The van der Waals surface area contributed by atoms with Crippen molar-refractivity contribution < 1.29 is 9.32 Å². The van der Waals surface area contributed by atoms with Crippen molar-refractivity contribution in [1.82, 2.24) is 25.2 Å². The number of likely N-dealkylation sites (N-methyl/N-ethyl adjacent to an activating group) is 1. The van der Waals surface area contributed by atoms with Gasteiger partial charge in [0.2, 0.25) is 11.8 Å². The first-order chi connectivity index (χ1) is 10.4. The van der Waals surface area contributed by atoms with Crippen LogP contribution in [0.15, 0.2) is 4.52 Å². The van der Waals surface area contributed by atoms with E-state index in [1.165, 1.54) is 0 Å². The molecule has 2 aromatic rings. The number of hydrogen-bond donors (Lipinski definition) is 1. The fourth-order valence-electron chi connectivity index (χ4n) is 2.21. The van der Waals surface area contributed by atoms with E-state index in [9.17, 15) is 4.79 Å². The van der Waals surface area contributed by atoms with Gasteiger partial charge in [-0.15, -0.1) is 0 Å². The zero-order valence-electron chi connectivity index (χ0n) is 13.8. The van der Waals surface area contributed by atoms with E-state index in [4.69, 9.17) is 4.52 Å². The SMILES string of the molecule is Cc1n[nH]c(C)c1CC(=O)N(C)Cc1noc(CC(C)C)n1. The van der Waals surface area contributed by atoms with Crippen molar-refractivity contribution in [1.29, 1.82) is 0 Å². The van der Waals surface area contributed by atoms with Crippen molar-refractivity contribution in [3.8, 4) is 0 Å². The molecule has 2 aromatic heterocycles. The van der Waals surface area contributed by atoms with Gasteiger partial charge < -0.3 is 9.42 Å². The van der Waals surface area contributed by atoms with E-state index < -0.39 is 0 Å². The lowest BCUT2D eigenvalue weighted by Crippen LogP contribution is -2.28. The van der Waals surface area contributed by atoms with E-state index in [0.29, 0.717) is 30.6 Å². The number of aromatic amines is 1. The van der Waals surface area contributed by atoms with E-state index >= 15 is 0 Å². The third kappa shape index (κ3) is 3.93. The number of nitrogens with zero attached hydrogens (tertiary/aromatic N) is 4. The number of amides is 1. The Hall–Kier alpha value is -2.18. The molecule has 2 rings (SSSR count). The Balaban J connectivity index is 1.95. The molecule has 0 unspecified atom stereocenters. The first kappa shape index (κ1) is 16.2. The lowest BCUT2D eigenvalue weighted by atomic mass is 10.1. The Morgan fingerprint density at radius 2 is 2.09 bits per heavy atom. The summed E-state index contributed by atoms with van der Waals surface area (Å²) in [5, 5.41) is 10.9. The standard InChI is InChI=1S/C15H23N5O2/c1-9(2)6-14-16-13(19-22-14)8-20(5)15(21)7-12-10(3)17-18-11(12)4/h9H,6-8H2,1-5H3,(H,17,18). The first-order valence-corrected chi connectivity index (χ1v) is 7.42. The number of carbonyl (C=O) groups is 1. The van der Waals surface area contributed by atoms with Crippen LogP contribution in [-0.4, -0.2) is 38.2 Å². The summed E-state index contributed by atoms with van der Waals surface area (Å²) in [6, 6.07) is 0. The quantitative estimate of drug-likeness (QED) is 0.879. The van der Waals surface area contributed by atoms with E-state index in [0.717, 1.165) is 23.4 Å². The van der Waals surface area contributed by atoms with Crippen LogP contribution in [0.5, 0.6) is 0 Å². The summed E-state index contributed by atoms with van der Waals surface area (Å²) in [4.78, 5) is 18.2. The highest BCUT2D eigenvalue weighted by molar-refractivity contribution is 5.78. The summed E-state index contributed by atoms with van der Waals surface area (Å²) in [6.45, 7) is 8.34. The fraction of sp³-hybridized carbons (Fsp3) is 0.600. The minimum Gasteiger partial charge on any atom is -0.339 e. The molecule has 0 aliphatic heterocycles. The third-order valence-corrected chi connectivity index (χ3v) is 3.51. The molecular weight excluding hydrogens is 282 g/mol. The summed E-state index contributed by atoms with van der Waals surface area (Å²) in [5.41, 5.74) is 2.74. The Morgan fingerprint density at radius 3 is 2.68 bits per heavy atom. The van der Waals surface area contributed by atoms with Crippen LogP contribution in [0.25, 0.3) is 0 Å². The number of aromatic nitrogens is 4. The molecule has 0 saturated heterocycles. The summed E-state index contributed by atoms with van der Waals surface area (Å²) in [5.74, 6) is 1.61. The zero-order chi connectivity index (χ0) is 16.3. The van der Waals surface area contributed by atoms with E-state index in [-0.39, 0.29) is 5.91 Å². The monoisotopic (exact) mass is 305 g/mol. The van der Waals surface area contributed by atoms with Crippen molar-refractivity contribution in [2.24, 2.45) is 5.92 Å². The van der Waals surface area contributed by atoms with E-state index in [2.05, 4.69) is 34.2 Å². The molecule has 1 amide bonds. The van der Waals surface area contributed by atoms with Crippen LogP contribution >= 0.6 is 0 Å². The Morgan fingerprint density at radius 1 is 1.36 bits per heavy atom. The van der Waals surface area contributed by atoms with Gasteiger partial charge in [0, 0.05) is 24.7 Å². The maximum atomic E-state index is 12.3. The molecule has 0 aliphatic carbocycles. The summed E-state index contributed by atoms with van der Waals surface area (Å²) in [7, 11) is 1.74. The van der Waals surface area contributed by atoms with Crippen molar-refractivity contribution in [3.05, 3.63) is 28.7 Å². The number of H-pyrrole nitrogens is 1. The molecule has 22 heavy (non-hydrogen) atoms. The maximum absolute atomic E-state index is 12.3. The summed E-state index contributed by atoms with van der Waals surface area (Å²) in [6.07, 6.45) is 1.07. The van der Waals surface area contributed by atoms with Gasteiger partial charge in [0.15, 0.2) is 5.82 Å². The minimum absolute atomic E-state index is 0.00260. The van der Waals surface area contributed by atoms with Crippen LogP contribution in [0.3, 0.4) is 0 Å². The van der Waals surface area contributed by atoms with Gasteiger partial charge in [-0.05, 0) is 19.8 Å². The highest BCUT2D eigenvalue weighted by atomic mass is 16.5. The molecule has 0 fully saturated rings. The van der Waals surface area contributed by atoms with Crippen LogP contribution in [0.2, 0.25) is 0 Å². The van der Waals surface area contributed by atoms with Gasteiger partial charge in [0.05, 0.1) is 18.7 Å². The Labute approximate surface area is 130 Å². The van der Waals surface area contributed by atoms with Crippen LogP contribution in [0.4, 0.5) is 0 Å². The third-order valence-electron chi connectivity index (χ3n) is 3.51. The van der Waals surface area contributed by atoms with Gasteiger partial charge in [-0.2, -0.15) is 10.1 Å². The number of nitrogens with one attached hydrogen (secondary N) is 1. The lowest BCUT2D eigenvalue weighted by molar-refractivity contribution is -0.129. The second-order valence-corrected chi connectivity index (χ2v) is 6.04. The largest absolute Gasteiger partial charge is 0.339 e. The number of aryl methyl sites for hydroxylation is 2. The van der Waals surface area contributed by atoms with Crippen LogP contribution in [-0.2, 0) is 24.2 Å². The smallest absolute Gasteiger partial charge is 0.227 e. The van der Waals surface area contributed by atoms with Crippen LogP contribution in [0.1, 0.15) is 42.5 Å². The Bertz CT molecular complexity index is 625. The molecule has 120 valence electrons. The number of rotatable bonds is 6. The molecule has 0 radical (unpaired) electrons. The minimum atomic E-state index is 0.00260. The number of carbonyl (C=O) groups excluding carboxylic acids is 1.